The van der Waals surface area contributed by atoms with E-state index in [1.165, 1.54) is 24.7 Å². The molecule has 188 valence electrons. The van der Waals surface area contributed by atoms with Crippen LogP contribution in [0, 0.1) is 5.82 Å². The predicted octanol–water partition coefficient (Wildman–Crippen LogP) is 2.89. The Morgan fingerprint density at radius 3 is 2.63 bits per heavy atom. The molecular formula is C24H27F3N4O4. The molecule has 0 unspecified atom stereocenters. The summed E-state index contributed by atoms with van der Waals surface area (Å²) >= 11 is 0. The molecule has 11 heteroatoms. The molecule has 2 aromatic heterocycles. The molecule has 3 heterocycles. The number of benzene rings is 1. The highest BCUT2D eigenvalue weighted by molar-refractivity contribution is 5.86. The number of aromatic nitrogens is 3. The summed E-state index contributed by atoms with van der Waals surface area (Å²) in [5.41, 5.74) is 2.03. The third kappa shape index (κ3) is 3.52. The zero-order valence-electron chi connectivity index (χ0n) is 19.3. The number of rotatable bonds is 4. The predicted molar refractivity (Wildman–Crippen MR) is 120 cm³/mol. The number of nitrogen functional groups attached to an aromatic ring is 1. The van der Waals surface area contributed by atoms with Crippen molar-refractivity contribution >= 4 is 16.9 Å². The van der Waals surface area contributed by atoms with Gasteiger partial charge in [0, 0.05) is 6.20 Å². The summed E-state index contributed by atoms with van der Waals surface area (Å²) in [7, 11) is 0. The van der Waals surface area contributed by atoms with Crippen molar-refractivity contribution < 1.29 is 33.2 Å². The van der Waals surface area contributed by atoms with Crippen LogP contribution in [0.25, 0.3) is 11.0 Å². The summed E-state index contributed by atoms with van der Waals surface area (Å²) in [5, 5.41) is 34.6. The molecule has 8 nitrogen and oxygen atoms in total. The van der Waals surface area contributed by atoms with Gasteiger partial charge in [-0.2, -0.15) is 0 Å². The number of anilines is 1. The molecule has 5 rings (SSSR count). The molecule has 3 aromatic rings. The van der Waals surface area contributed by atoms with Gasteiger partial charge in [0.2, 0.25) is 0 Å². The Morgan fingerprint density at radius 1 is 1.26 bits per heavy atom. The van der Waals surface area contributed by atoms with Gasteiger partial charge in [-0.05, 0) is 68.4 Å². The van der Waals surface area contributed by atoms with E-state index >= 15 is 0 Å². The van der Waals surface area contributed by atoms with E-state index in [4.69, 9.17) is 10.5 Å². The highest BCUT2D eigenvalue weighted by Gasteiger charge is 2.60. The number of hydrogen-bond donors (Lipinski definition) is 4. The molecule has 1 aliphatic carbocycles. The summed E-state index contributed by atoms with van der Waals surface area (Å²) in [5.74, 6) is -0.739. The number of aliphatic hydroxyl groups is 3. The van der Waals surface area contributed by atoms with Crippen molar-refractivity contribution in [3.8, 4) is 0 Å². The maximum Gasteiger partial charge on any atom is 0.266 e. The van der Waals surface area contributed by atoms with Crippen molar-refractivity contribution in [2.75, 3.05) is 5.73 Å². The lowest BCUT2D eigenvalue weighted by Gasteiger charge is -2.39. The standard InChI is InChI=1S/C24H27F3N4O4/c1-23(33,15-9-14(18(26)27)16(25)12-6-4-3-5-11(12)15)22-24(2,34)17(32)21(35-22)31-8-7-13-19(28)29-10-30-20(13)31/h7-10,17-18,21-22,32-34H,3-6H2,1-2H3,(H2,28,29,30)/t17-,21+,22+,23+,24-/m0/s1. The van der Waals surface area contributed by atoms with Crippen LogP contribution in [-0.4, -0.2) is 47.7 Å². The summed E-state index contributed by atoms with van der Waals surface area (Å²) in [6.45, 7) is 2.63. The molecule has 35 heavy (non-hydrogen) atoms. The third-order valence-corrected chi connectivity index (χ3v) is 7.39. The molecule has 0 saturated carbocycles. The first-order chi connectivity index (χ1) is 16.5. The zero-order chi connectivity index (χ0) is 25.3. The summed E-state index contributed by atoms with van der Waals surface area (Å²) in [6.07, 6.45) is -2.44. The normalized spacial score (nSPS) is 28.4. The molecular weight excluding hydrogens is 465 g/mol. The van der Waals surface area contributed by atoms with Gasteiger partial charge in [-0.25, -0.2) is 23.1 Å². The second-order valence-corrected chi connectivity index (χ2v) is 9.74. The van der Waals surface area contributed by atoms with Crippen molar-refractivity contribution in [1.29, 1.82) is 0 Å². The lowest BCUT2D eigenvalue weighted by Crippen LogP contribution is -2.54. The number of alkyl halides is 2. The first kappa shape index (κ1) is 24.0. The molecule has 0 spiro atoms. The van der Waals surface area contributed by atoms with E-state index in [-0.39, 0.29) is 23.4 Å². The second kappa shape index (κ2) is 8.16. The van der Waals surface area contributed by atoms with E-state index in [0.717, 1.165) is 6.07 Å². The molecule has 5 N–H and O–H groups in total. The molecule has 5 atom stereocenters. The SMILES string of the molecule is C[C@]1(O)[C@@H](O)[C@H](n2ccc3c(N)ncnc32)O[C@@H]1[C@](C)(O)c1cc(C(F)F)c(F)c2c1CCCC2. The van der Waals surface area contributed by atoms with E-state index in [9.17, 15) is 28.5 Å². The van der Waals surface area contributed by atoms with Gasteiger partial charge in [-0.15, -0.1) is 0 Å². The summed E-state index contributed by atoms with van der Waals surface area (Å²) in [4.78, 5) is 8.11. The molecule has 0 bridgehead atoms. The van der Waals surface area contributed by atoms with Crippen LogP contribution in [0.2, 0.25) is 0 Å². The van der Waals surface area contributed by atoms with Crippen LogP contribution in [0.4, 0.5) is 19.0 Å². The maximum absolute atomic E-state index is 14.9. The number of nitrogens with zero attached hydrogens (tertiary/aromatic N) is 3. The van der Waals surface area contributed by atoms with Crippen LogP contribution < -0.4 is 5.73 Å². The number of aliphatic hydroxyl groups excluding tert-OH is 1. The minimum Gasteiger partial charge on any atom is -0.385 e. The lowest BCUT2D eigenvalue weighted by molar-refractivity contribution is -0.162. The number of ether oxygens (including phenoxy) is 1. The fourth-order valence-corrected chi connectivity index (χ4v) is 5.59. The van der Waals surface area contributed by atoms with E-state index in [2.05, 4.69) is 9.97 Å². The van der Waals surface area contributed by atoms with Crippen LogP contribution in [0.5, 0.6) is 0 Å². The van der Waals surface area contributed by atoms with Crippen LogP contribution >= 0.6 is 0 Å². The summed E-state index contributed by atoms with van der Waals surface area (Å²) < 4.78 is 49.8. The van der Waals surface area contributed by atoms with Gasteiger partial charge in [0.1, 0.15) is 47.0 Å². The fraction of sp³-hybridized carbons (Fsp3) is 0.500. The van der Waals surface area contributed by atoms with Crippen molar-refractivity contribution in [2.45, 2.75) is 75.6 Å². The lowest BCUT2D eigenvalue weighted by atomic mass is 9.74. The second-order valence-electron chi connectivity index (χ2n) is 9.74. The molecule has 1 aliphatic heterocycles. The summed E-state index contributed by atoms with van der Waals surface area (Å²) in [6, 6.07) is 2.59. The van der Waals surface area contributed by atoms with Gasteiger partial charge < -0.3 is 30.4 Å². The quantitative estimate of drug-likeness (QED) is 0.441. The van der Waals surface area contributed by atoms with Gasteiger partial charge in [-0.1, -0.05) is 0 Å². The average molecular weight is 492 g/mol. The number of fused-ring (bicyclic) bond motifs is 2. The molecule has 1 fully saturated rings. The zero-order valence-corrected chi connectivity index (χ0v) is 19.3. The average Bonchev–Trinajstić information content (AvgIpc) is 3.33. The Labute approximate surface area is 199 Å². The maximum atomic E-state index is 14.9. The van der Waals surface area contributed by atoms with Crippen LogP contribution in [0.15, 0.2) is 24.7 Å². The minimum absolute atomic E-state index is 0.0611. The molecule has 1 aromatic carbocycles. The van der Waals surface area contributed by atoms with Crippen LogP contribution in [0.3, 0.4) is 0 Å². The molecule has 0 amide bonds. The molecule has 1 saturated heterocycles. The fourth-order valence-electron chi connectivity index (χ4n) is 5.59. The highest BCUT2D eigenvalue weighted by Crippen LogP contribution is 2.48. The van der Waals surface area contributed by atoms with Gasteiger partial charge in [0.25, 0.3) is 6.43 Å². The topological polar surface area (TPSA) is 127 Å². The first-order valence-corrected chi connectivity index (χ1v) is 11.4. The Morgan fingerprint density at radius 2 is 1.94 bits per heavy atom. The Hall–Kier alpha value is -2.73. The number of hydrogen-bond acceptors (Lipinski definition) is 7. The smallest absolute Gasteiger partial charge is 0.266 e. The van der Waals surface area contributed by atoms with E-state index in [0.29, 0.717) is 35.9 Å². The van der Waals surface area contributed by atoms with Gasteiger partial charge >= 0.3 is 0 Å². The Bertz CT molecular complexity index is 1290. The minimum atomic E-state index is -3.09. The monoisotopic (exact) mass is 492 g/mol. The van der Waals surface area contributed by atoms with E-state index in [1.807, 2.05) is 0 Å². The van der Waals surface area contributed by atoms with Crippen molar-refractivity contribution in [3.05, 3.63) is 52.7 Å². The van der Waals surface area contributed by atoms with E-state index in [1.54, 1.807) is 12.3 Å². The Balaban J connectivity index is 1.61. The van der Waals surface area contributed by atoms with Gasteiger partial charge in [0.15, 0.2) is 6.23 Å². The molecule has 0 radical (unpaired) electrons. The molecule has 2 aliphatic rings. The number of halogens is 3. The highest BCUT2D eigenvalue weighted by atomic mass is 19.3. The van der Waals surface area contributed by atoms with Crippen LogP contribution in [-0.2, 0) is 23.2 Å². The van der Waals surface area contributed by atoms with Crippen LogP contribution in [0.1, 0.15) is 61.6 Å². The number of nitrogens with two attached hydrogens (primary N) is 1. The third-order valence-electron chi connectivity index (χ3n) is 7.39. The first-order valence-electron chi connectivity index (χ1n) is 11.4. The largest absolute Gasteiger partial charge is 0.385 e. The van der Waals surface area contributed by atoms with Crippen molar-refractivity contribution in [1.82, 2.24) is 14.5 Å². The van der Waals surface area contributed by atoms with Crippen molar-refractivity contribution in [2.24, 2.45) is 0 Å². The van der Waals surface area contributed by atoms with Crippen molar-refractivity contribution in [3.63, 3.8) is 0 Å². The Kier molecular flexibility index (Phi) is 5.59. The van der Waals surface area contributed by atoms with E-state index < -0.39 is 47.4 Å². The van der Waals surface area contributed by atoms with Gasteiger partial charge in [-0.3, -0.25) is 0 Å². The van der Waals surface area contributed by atoms with Gasteiger partial charge in [0.05, 0.1) is 10.9 Å².